The number of methoxy groups -OCH3 is 3. The summed E-state index contributed by atoms with van der Waals surface area (Å²) in [6.45, 7) is 4.10. The van der Waals surface area contributed by atoms with Crippen molar-refractivity contribution >= 4 is 28.4 Å². The standard InChI is InChI=1S/C21H28N2O7S.ClH/c1-14-20(17(13-30-14)21(24)29-4)31(25,26)22-7-5-8-23-9-6-15-10-18(27-2)19(28-3)11-16(15)12-23;/h10-11,13,22H,5-9,12H2,1-4H3;1H. The Balaban J connectivity index is 0.00000363. The predicted molar refractivity (Wildman–Crippen MR) is 120 cm³/mol. The summed E-state index contributed by atoms with van der Waals surface area (Å²) in [7, 11) is 0.536. The molecule has 0 amide bonds. The van der Waals surface area contributed by atoms with Gasteiger partial charge in [-0.3, -0.25) is 4.90 Å². The maximum Gasteiger partial charge on any atom is 0.342 e. The second-order valence-electron chi connectivity index (χ2n) is 7.28. The first kappa shape index (κ1) is 26.0. The molecule has 178 valence electrons. The second kappa shape index (κ2) is 11.0. The number of furan rings is 1. The highest BCUT2D eigenvalue weighted by Gasteiger charge is 2.28. The number of hydrogen-bond donors (Lipinski definition) is 1. The molecule has 0 unspecified atom stereocenters. The van der Waals surface area contributed by atoms with Gasteiger partial charge >= 0.3 is 5.97 Å². The first-order chi connectivity index (χ1) is 14.8. The number of sulfonamides is 1. The number of nitrogens with one attached hydrogen (secondary N) is 1. The molecule has 1 aliphatic heterocycles. The summed E-state index contributed by atoms with van der Waals surface area (Å²) in [4.78, 5) is 13.9. The van der Waals surface area contributed by atoms with Crippen LogP contribution in [0.25, 0.3) is 0 Å². The van der Waals surface area contributed by atoms with Gasteiger partial charge in [0.25, 0.3) is 0 Å². The molecule has 1 aromatic carbocycles. The SMILES string of the molecule is COC(=O)c1coc(C)c1S(=O)(=O)NCCCN1CCc2cc(OC)c(OC)cc2C1.Cl. The van der Waals surface area contributed by atoms with Crippen molar-refractivity contribution in [3.8, 4) is 11.5 Å². The zero-order chi connectivity index (χ0) is 22.6. The van der Waals surface area contributed by atoms with Gasteiger partial charge in [-0.2, -0.15) is 0 Å². The van der Waals surface area contributed by atoms with E-state index in [9.17, 15) is 13.2 Å². The average molecular weight is 489 g/mol. The number of benzene rings is 1. The van der Waals surface area contributed by atoms with Gasteiger partial charge in [-0.25, -0.2) is 17.9 Å². The van der Waals surface area contributed by atoms with E-state index < -0.39 is 16.0 Å². The number of nitrogens with zero attached hydrogens (tertiary/aromatic N) is 1. The molecule has 0 aliphatic carbocycles. The molecular formula is C21H29ClN2O7S. The van der Waals surface area contributed by atoms with Crippen LogP contribution >= 0.6 is 12.4 Å². The van der Waals surface area contributed by atoms with Gasteiger partial charge in [-0.15, -0.1) is 12.4 Å². The molecule has 32 heavy (non-hydrogen) atoms. The minimum Gasteiger partial charge on any atom is -0.493 e. The monoisotopic (exact) mass is 488 g/mol. The fourth-order valence-electron chi connectivity index (χ4n) is 3.74. The number of rotatable bonds is 9. The third kappa shape index (κ3) is 5.55. The number of halogens is 1. The summed E-state index contributed by atoms with van der Waals surface area (Å²) in [5.41, 5.74) is 2.31. The highest BCUT2D eigenvalue weighted by atomic mass is 35.5. The molecule has 11 heteroatoms. The lowest BCUT2D eigenvalue weighted by atomic mass is 9.98. The minimum absolute atomic E-state index is 0. The summed E-state index contributed by atoms with van der Waals surface area (Å²) in [5.74, 6) is 0.818. The van der Waals surface area contributed by atoms with E-state index in [1.54, 1.807) is 14.2 Å². The van der Waals surface area contributed by atoms with Crippen LogP contribution in [0.15, 0.2) is 27.7 Å². The van der Waals surface area contributed by atoms with Crippen LogP contribution in [0.5, 0.6) is 11.5 Å². The molecule has 0 bridgehead atoms. The molecule has 0 saturated heterocycles. The molecule has 2 heterocycles. The van der Waals surface area contributed by atoms with E-state index in [0.717, 1.165) is 38.1 Å². The fourth-order valence-corrected chi connectivity index (χ4v) is 5.15. The van der Waals surface area contributed by atoms with E-state index in [1.165, 1.54) is 25.2 Å². The topological polar surface area (TPSA) is 107 Å². The van der Waals surface area contributed by atoms with E-state index in [1.807, 2.05) is 12.1 Å². The first-order valence-electron chi connectivity index (χ1n) is 9.93. The van der Waals surface area contributed by atoms with Crippen molar-refractivity contribution in [3.63, 3.8) is 0 Å². The lowest BCUT2D eigenvalue weighted by Gasteiger charge is -2.29. The van der Waals surface area contributed by atoms with Crippen LogP contribution in [-0.2, 0) is 27.7 Å². The van der Waals surface area contributed by atoms with Crippen LogP contribution in [0, 0.1) is 6.92 Å². The quantitative estimate of drug-likeness (QED) is 0.424. The summed E-state index contributed by atoms with van der Waals surface area (Å²) in [6, 6.07) is 4.02. The van der Waals surface area contributed by atoms with Crippen molar-refractivity contribution in [1.29, 1.82) is 0 Å². The summed E-state index contributed by atoms with van der Waals surface area (Å²) >= 11 is 0. The average Bonchev–Trinajstić information content (AvgIpc) is 3.17. The molecule has 0 radical (unpaired) electrons. The van der Waals surface area contributed by atoms with E-state index >= 15 is 0 Å². The Morgan fingerprint density at radius 1 is 1.16 bits per heavy atom. The largest absolute Gasteiger partial charge is 0.493 e. The fraction of sp³-hybridized carbons (Fsp3) is 0.476. The van der Waals surface area contributed by atoms with Crippen molar-refractivity contribution < 1.29 is 31.8 Å². The molecule has 0 saturated carbocycles. The Labute approximate surface area is 194 Å². The molecule has 3 rings (SSSR count). The molecular weight excluding hydrogens is 460 g/mol. The predicted octanol–water partition coefficient (Wildman–Crippen LogP) is 2.54. The van der Waals surface area contributed by atoms with Gasteiger partial charge in [0.05, 0.1) is 21.3 Å². The third-order valence-electron chi connectivity index (χ3n) is 5.33. The number of aryl methyl sites for hydroxylation is 1. The molecule has 9 nitrogen and oxygen atoms in total. The number of ether oxygens (including phenoxy) is 3. The molecule has 1 aliphatic rings. The summed E-state index contributed by atoms with van der Waals surface area (Å²) in [5, 5.41) is 0. The van der Waals surface area contributed by atoms with Gasteiger partial charge < -0.3 is 18.6 Å². The lowest BCUT2D eigenvalue weighted by Crippen LogP contribution is -2.34. The smallest absolute Gasteiger partial charge is 0.342 e. The number of hydrogen-bond acceptors (Lipinski definition) is 8. The van der Waals surface area contributed by atoms with E-state index in [0.29, 0.717) is 12.2 Å². The zero-order valence-electron chi connectivity index (χ0n) is 18.6. The van der Waals surface area contributed by atoms with E-state index in [4.69, 9.17) is 13.9 Å². The van der Waals surface area contributed by atoms with Crippen molar-refractivity contribution in [2.24, 2.45) is 0 Å². The van der Waals surface area contributed by atoms with Crippen molar-refractivity contribution in [1.82, 2.24) is 9.62 Å². The zero-order valence-corrected chi connectivity index (χ0v) is 20.2. The van der Waals surface area contributed by atoms with Crippen LogP contribution in [0.2, 0.25) is 0 Å². The Bertz CT molecular complexity index is 1050. The van der Waals surface area contributed by atoms with Crippen LogP contribution < -0.4 is 14.2 Å². The molecule has 0 spiro atoms. The Morgan fingerprint density at radius 3 is 2.44 bits per heavy atom. The molecule has 2 aromatic rings. The summed E-state index contributed by atoms with van der Waals surface area (Å²) in [6.07, 6.45) is 2.61. The highest BCUT2D eigenvalue weighted by molar-refractivity contribution is 7.89. The van der Waals surface area contributed by atoms with Crippen LogP contribution in [-0.4, -0.2) is 60.3 Å². The Kier molecular flexibility index (Phi) is 8.97. The molecule has 0 fully saturated rings. The normalized spacial score (nSPS) is 13.8. The maximum absolute atomic E-state index is 12.7. The van der Waals surface area contributed by atoms with Gasteiger partial charge in [0.1, 0.15) is 22.5 Å². The highest BCUT2D eigenvalue weighted by Crippen LogP contribution is 2.33. The van der Waals surface area contributed by atoms with E-state index in [-0.39, 0.29) is 35.2 Å². The van der Waals surface area contributed by atoms with Crippen molar-refractivity contribution in [3.05, 3.63) is 40.8 Å². The minimum atomic E-state index is -3.90. The first-order valence-corrected chi connectivity index (χ1v) is 11.4. The van der Waals surface area contributed by atoms with E-state index in [2.05, 4.69) is 14.4 Å². The molecule has 0 atom stereocenters. The molecule has 1 N–H and O–H groups in total. The number of carbonyl (C=O) groups is 1. The number of esters is 1. The van der Waals surface area contributed by atoms with Gasteiger partial charge in [0, 0.05) is 19.6 Å². The van der Waals surface area contributed by atoms with Crippen LogP contribution in [0.4, 0.5) is 0 Å². The third-order valence-corrected chi connectivity index (χ3v) is 6.96. The second-order valence-corrected chi connectivity index (χ2v) is 8.98. The van der Waals surface area contributed by atoms with Gasteiger partial charge in [0.15, 0.2) is 11.5 Å². The van der Waals surface area contributed by atoms with Gasteiger partial charge in [0.2, 0.25) is 10.0 Å². The van der Waals surface area contributed by atoms with Crippen molar-refractivity contribution in [2.45, 2.75) is 31.2 Å². The van der Waals surface area contributed by atoms with Crippen LogP contribution in [0.1, 0.15) is 33.7 Å². The Hall–Kier alpha value is -2.27. The number of fused-ring (bicyclic) bond motifs is 1. The van der Waals surface area contributed by atoms with Crippen molar-refractivity contribution in [2.75, 3.05) is 41.0 Å². The maximum atomic E-state index is 12.7. The lowest BCUT2D eigenvalue weighted by molar-refractivity contribution is 0.0596. The number of carbonyl (C=O) groups excluding carboxylic acids is 1. The molecule has 1 aromatic heterocycles. The Morgan fingerprint density at radius 2 is 1.81 bits per heavy atom. The van der Waals surface area contributed by atoms with Gasteiger partial charge in [-0.05, 0) is 49.6 Å². The van der Waals surface area contributed by atoms with Crippen LogP contribution in [0.3, 0.4) is 0 Å². The summed E-state index contributed by atoms with van der Waals surface area (Å²) < 4.78 is 48.4. The van der Waals surface area contributed by atoms with Gasteiger partial charge in [-0.1, -0.05) is 0 Å².